The van der Waals surface area contributed by atoms with Gasteiger partial charge in [0.25, 0.3) is 0 Å². The maximum Gasteiger partial charge on any atom is 0.217 e. The Kier molecular flexibility index (Phi) is 5.73. The van der Waals surface area contributed by atoms with E-state index in [0.717, 1.165) is 12.8 Å². The Labute approximate surface area is 86.1 Å². The van der Waals surface area contributed by atoms with Crippen molar-refractivity contribution in [3.05, 3.63) is 0 Å². The molecular formula is C11H22FNO. The van der Waals surface area contributed by atoms with Gasteiger partial charge >= 0.3 is 0 Å². The lowest BCUT2D eigenvalue weighted by atomic mass is 9.79. The van der Waals surface area contributed by atoms with Crippen molar-refractivity contribution in [1.82, 2.24) is 0 Å². The molecular weight excluding hydrogens is 181 g/mol. The number of nitrogens with two attached hydrogens (primary N) is 1. The number of hydrogen-bond donors (Lipinski definition) is 1. The molecule has 0 aromatic carbocycles. The molecule has 0 spiro atoms. The summed E-state index contributed by atoms with van der Waals surface area (Å²) < 4.78 is 13.3. The first-order valence-electron chi connectivity index (χ1n) is 5.47. The van der Waals surface area contributed by atoms with Crippen LogP contribution in [0.4, 0.5) is 4.39 Å². The van der Waals surface area contributed by atoms with Crippen LogP contribution in [-0.4, -0.2) is 11.6 Å². The van der Waals surface area contributed by atoms with Crippen LogP contribution in [0.25, 0.3) is 0 Å². The number of amides is 1. The van der Waals surface area contributed by atoms with Gasteiger partial charge in [-0.25, -0.2) is 4.39 Å². The quantitative estimate of drug-likeness (QED) is 0.736. The molecule has 1 aliphatic rings. The molecule has 1 fully saturated rings. The number of primary amides is 1. The molecule has 84 valence electrons. The van der Waals surface area contributed by atoms with E-state index in [1.54, 1.807) is 6.92 Å². The van der Waals surface area contributed by atoms with Gasteiger partial charge in [-0.05, 0) is 38.5 Å². The van der Waals surface area contributed by atoms with Gasteiger partial charge in [0.05, 0.1) is 0 Å². The topological polar surface area (TPSA) is 43.1 Å². The van der Waals surface area contributed by atoms with Gasteiger partial charge in [-0.1, -0.05) is 13.8 Å². The third-order valence-corrected chi connectivity index (χ3v) is 2.64. The van der Waals surface area contributed by atoms with E-state index >= 15 is 0 Å². The van der Waals surface area contributed by atoms with Crippen molar-refractivity contribution in [2.75, 3.05) is 0 Å². The predicted octanol–water partition coefficient (Wildman–Crippen LogP) is 2.81. The molecule has 0 aromatic rings. The number of halogens is 1. The molecule has 1 saturated carbocycles. The average Bonchev–Trinajstić information content (AvgIpc) is 2.12. The van der Waals surface area contributed by atoms with Gasteiger partial charge in [-0.15, -0.1) is 0 Å². The van der Waals surface area contributed by atoms with Crippen LogP contribution in [0.3, 0.4) is 0 Å². The van der Waals surface area contributed by atoms with Crippen LogP contribution in [0, 0.1) is 5.92 Å². The molecule has 2 N–H and O–H groups in total. The first kappa shape index (κ1) is 13.4. The Bertz CT molecular complexity index is 170. The van der Waals surface area contributed by atoms with Gasteiger partial charge in [-0.3, -0.25) is 4.79 Å². The van der Waals surface area contributed by atoms with Crippen molar-refractivity contribution < 1.29 is 9.18 Å². The Morgan fingerprint density at radius 1 is 1.43 bits per heavy atom. The van der Waals surface area contributed by atoms with Crippen LogP contribution in [0.5, 0.6) is 0 Å². The summed E-state index contributed by atoms with van der Waals surface area (Å²) in [5, 5.41) is 0. The summed E-state index contributed by atoms with van der Waals surface area (Å²) in [7, 11) is 0. The Balaban J connectivity index is 0.000000791. The van der Waals surface area contributed by atoms with Gasteiger partial charge in [-0.2, -0.15) is 0 Å². The van der Waals surface area contributed by atoms with Gasteiger partial charge < -0.3 is 5.73 Å². The maximum absolute atomic E-state index is 13.3. The van der Waals surface area contributed by atoms with E-state index in [-0.39, 0.29) is 5.91 Å². The van der Waals surface area contributed by atoms with Crippen LogP contribution in [0.1, 0.15) is 52.9 Å². The molecule has 0 bridgehead atoms. The minimum atomic E-state index is -1.01. The zero-order chi connectivity index (χ0) is 11.2. The number of carbonyl (C=O) groups is 1. The molecule has 1 amide bonds. The largest absolute Gasteiger partial charge is 0.370 e. The number of carbonyl (C=O) groups excluding carboxylic acids is 1. The molecule has 0 atom stereocenters. The van der Waals surface area contributed by atoms with Gasteiger partial charge in [0.1, 0.15) is 5.67 Å². The number of rotatable bonds is 2. The Morgan fingerprint density at radius 2 is 1.86 bits per heavy atom. The van der Waals surface area contributed by atoms with Crippen molar-refractivity contribution in [3.63, 3.8) is 0 Å². The highest BCUT2D eigenvalue weighted by Gasteiger charge is 2.30. The summed E-state index contributed by atoms with van der Waals surface area (Å²) in [6.45, 7) is 5.63. The molecule has 0 saturated heterocycles. The minimum absolute atomic E-state index is 0.262. The second-order valence-electron chi connectivity index (χ2n) is 4.03. The average molecular weight is 203 g/mol. The smallest absolute Gasteiger partial charge is 0.217 e. The van der Waals surface area contributed by atoms with Crippen LogP contribution in [0.15, 0.2) is 0 Å². The second kappa shape index (κ2) is 5.99. The summed E-state index contributed by atoms with van der Waals surface area (Å²) in [6, 6.07) is 0. The molecule has 0 aromatic heterocycles. The van der Waals surface area contributed by atoms with Crippen molar-refractivity contribution in [3.8, 4) is 0 Å². The van der Waals surface area contributed by atoms with Crippen molar-refractivity contribution >= 4 is 5.91 Å². The fraction of sp³-hybridized carbons (Fsp3) is 0.909. The highest BCUT2D eigenvalue weighted by atomic mass is 19.1. The van der Waals surface area contributed by atoms with Crippen molar-refractivity contribution in [2.24, 2.45) is 11.7 Å². The molecule has 3 heteroatoms. The number of hydrogen-bond acceptors (Lipinski definition) is 1. The molecule has 0 unspecified atom stereocenters. The Hall–Kier alpha value is -0.600. The molecule has 14 heavy (non-hydrogen) atoms. The van der Waals surface area contributed by atoms with E-state index in [4.69, 9.17) is 5.73 Å². The molecule has 0 aliphatic heterocycles. The lowest BCUT2D eigenvalue weighted by Gasteiger charge is -2.30. The molecule has 2 nitrogen and oxygen atoms in total. The fourth-order valence-electron chi connectivity index (χ4n) is 1.77. The molecule has 1 rings (SSSR count). The first-order valence-corrected chi connectivity index (χ1v) is 5.47. The first-order chi connectivity index (χ1) is 6.49. The van der Waals surface area contributed by atoms with E-state index in [2.05, 4.69) is 0 Å². The van der Waals surface area contributed by atoms with E-state index < -0.39 is 5.67 Å². The third kappa shape index (κ3) is 5.20. The standard InChI is InChI=1S/C9H16FNO.C2H6/c1-9(10)4-2-7(3-5-9)6-8(11)12;1-2/h7H,2-6H2,1H3,(H2,11,12);1-2H3. The van der Waals surface area contributed by atoms with Crippen LogP contribution in [0.2, 0.25) is 0 Å². The van der Waals surface area contributed by atoms with E-state index in [1.165, 1.54) is 0 Å². The number of alkyl halides is 1. The van der Waals surface area contributed by atoms with E-state index in [0.29, 0.717) is 25.2 Å². The molecule has 1 aliphatic carbocycles. The lowest BCUT2D eigenvalue weighted by Crippen LogP contribution is -2.28. The fourth-order valence-corrected chi connectivity index (χ4v) is 1.77. The summed E-state index contributed by atoms with van der Waals surface area (Å²) in [4.78, 5) is 10.6. The minimum Gasteiger partial charge on any atom is -0.370 e. The molecule has 0 radical (unpaired) electrons. The highest BCUT2D eigenvalue weighted by molar-refractivity contribution is 5.73. The van der Waals surface area contributed by atoms with Crippen LogP contribution in [-0.2, 0) is 4.79 Å². The van der Waals surface area contributed by atoms with Crippen LogP contribution < -0.4 is 5.73 Å². The van der Waals surface area contributed by atoms with Crippen molar-refractivity contribution in [2.45, 2.75) is 58.5 Å². The van der Waals surface area contributed by atoms with Gasteiger partial charge in [0, 0.05) is 6.42 Å². The summed E-state index contributed by atoms with van der Waals surface area (Å²) in [6.07, 6.45) is 3.18. The van der Waals surface area contributed by atoms with Gasteiger partial charge in [0.15, 0.2) is 0 Å². The highest BCUT2D eigenvalue weighted by Crippen LogP contribution is 2.35. The summed E-state index contributed by atoms with van der Waals surface area (Å²) in [5.74, 6) is 0.0637. The zero-order valence-electron chi connectivity index (χ0n) is 9.48. The lowest BCUT2D eigenvalue weighted by molar-refractivity contribution is -0.119. The normalized spacial score (nSPS) is 31.6. The maximum atomic E-state index is 13.3. The van der Waals surface area contributed by atoms with Crippen molar-refractivity contribution in [1.29, 1.82) is 0 Å². The molecule has 0 heterocycles. The second-order valence-corrected chi connectivity index (χ2v) is 4.03. The summed E-state index contributed by atoms with van der Waals surface area (Å²) >= 11 is 0. The predicted molar refractivity (Wildman–Crippen MR) is 56.6 cm³/mol. The monoisotopic (exact) mass is 203 g/mol. The Morgan fingerprint density at radius 3 is 2.21 bits per heavy atom. The van der Waals surface area contributed by atoms with E-state index in [1.807, 2.05) is 13.8 Å². The zero-order valence-corrected chi connectivity index (χ0v) is 9.48. The third-order valence-electron chi connectivity index (χ3n) is 2.64. The van der Waals surface area contributed by atoms with E-state index in [9.17, 15) is 9.18 Å². The SMILES string of the molecule is CC.CC1(F)CCC(CC(N)=O)CC1. The summed E-state index contributed by atoms with van der Waals surface area (Å²) in [5.41, 5.74) is 4.05. The van der Waals surface area contributed by atoms with Gasteiger partial charge in [0.2, 0.25) is 5.91 Å². The van der Waals surface area contributed by atoms with Crippen LogP contribution >= 0.6 is 0 Å².